The lowest BCUT2D eigenvalue weighted by molar-refractivity contribution is -0.152. The molecule has 0 radical (unpaired) electrons. The van der Waals surface area contributed by atoms with Gasteiger partial charge in [-0.05, 0) is 55.4 Å². The summed E-state index contributed by atoms with van der Waals surface area (Å²) in [5.41, 5.74) is 0.891. The molecule has 120 valence electrons. The van der Waals surface area contributed by atoms with E-state index in [9.17, 15) is 9.18 Å². The van der Waals surface area contributed by atoms with Crippen LogP contribution in [0.25, 0.3) is 0 Å². The summed E-state index contributed by atoms with van der Waals surface area (Å²) in [6.45, 7) is 0. The Balaban J connectivity index is 1.39. The normalized spacial score (nSPS) is 29.4. The number of rotatable bonds is 4. The van der Waals surface area contributed by atoms with E-state index in [1.54, 1.807) is 12.3 Å². The van der Waals surface area contributed by atoms with Crippen LogP contribution in [-0.4, -0.2) is 21.9 Å². The van der Waals surface area contributed by atoms with E-state index in [0.29, 0.717) is 0 Å². The third kappa shape index (κ3) is 2.87. The van der Waals surface area contributed by atoms with Crippen LogP contribution in [0.3, 0.4) is 0 Å². The fourth-order valence-electron chi connectivity index (χ4n) is 3.62. The molecule has 2 aliphatic carbocycles. The van der Waals surface area contributed by atoms with Gasteiger partial charge in [-0.3, -0.25) is 9.48 Å². The number of esters is 1. The van der Waals surface area contributed by atoms with Crippen molar-refractivity contribution in [2.45, 2.75) is 43.7 Å². The summed E-state index contributed by atoms with van der Waals surface area (Å²) in [6, 6.07) is 8.53. The number of benzene rings is 1. The van der Waals surface area contributed by atoms with Crippen molar-refractivity contribution in [1.82, 2.24) is 9.78 Å². The average molecular weight is 314 g/mol. The van der Waals surface area contributed by atoms with Gasteiger partial charge in [0.2, 0.25) is 0 Å². The van der Waals surface area contributed by atoms with Gasteiger partial charge >= 0.3 is 5.97 Å². The van der Waals surface area contributed by atoms with E-state index >= 15 is 0 Å². The quantitative estimate of drug-likeness (QED) is 0.812. The number of carbonyl (C=O) groups is 1. The Kier molecular flexibility index (Phi) is 3.63. The second-order valence-corrected chi connectivity index (χ2v) is 6.46. The maximum Gasteiger partial charge on any atom is 0.309 e. The molecule has 23 heavy (non-hydrogen) atoms. The summed E-state index contributed by atoms with van der Waals surface area (Å²) in [7, 11) is 0. The van der Waals surface area contributed by atoms with Crippen LogP contribution >= 0.6 is 0 Å². The molecule has 4 atom stereocenters. The number of hydrogen-bond donors (Lipinski definition) is 0. The number of ether oxygens (including phenoxy) is 1. The van der Waals surface area contributed by atoms with Crippen molar-refractivity contribution in [2.75, 3.05) is 0 Å². The van der Waals surface area contributed by atoms with Gasteiger partial charge in [-0.15, -0.1) is 0 Å². The number of aromatic nitrogens is 2. The molecule has 0 aliphatic heterocycles. The fourth-order valence-corrected chi connectivity index (χ4v) is 3.62. The van der Waals surface area contributed by atoms with E-state index in [4.69, 9.17) is 4.74 Å². The Hall–Kier alpha value is -2.17. The van der Waals surface area contributed by atoms with Crippen molar-refractivity contribution in [2.24, 2.45) is 5.92 Å². The summed E-state index contributed by atoms with van der Waals surface area (Å²) >= 11 is 0. The van der Waals surface area contributed by atoms with Crippen molar-refractivity contribution < 1.29 is 13.9 Å². The van der Waals surface area contributed by atoms with Crippen molar-refractivity contribution >= 4 is 5.97 Å². The van der Waals surface area contributed by atoms with Gasteiger partial charge in [-0.25, -0.2) is 4.39 Å². The SMILES string of the molecule is O=C(O[C@@H]1CCC[C@H]1n1cccn1)[C@H]1C[C@H]1c1cccc(F)c1. The van der Waals surface area contributed by atoms with Gasteiger partial charge in [-0.1, -0.05) is 12.1 Å². The maximum atomic E-state index is 13.3. The molecule has 1 aromatic carbocycles. The number of carbonyl (C=O) groups excluding carboxylic acids is 1. The van der Waals surface area contributed by atoms with E-state index < -0.39 is 0 Å². The molecule has 0 amide bonds. The predicted octanol–water partition coefficient (Wildman–Crippen LogP) is 3.46. The third-order valence-corrected chi connectivity index (χ3v) is 4.92. The molecule has 0 spiro atoms. The minimum absolute atomic E-state index is 0.0998. The second-order valence-electron chi connectivity index (χ2n) is 6.46. The molecule has 2 saturated carbocycles. The molecule has 4 nitrogen and oxygen atoms in total. The van der Waals surface area contributed by atoms with E-state index in [2.05, 4.69) is 5.10 Å². The summed E-state index contributed by atoms with van der Waals surface area (Å²) in [6.07, 6.45) is 7.23. The van der Waals surface area contributed by atoms with Gasteiger partial charge in [0.1, 0.15) is 11.9 Å². The molecular formula is C18H19FN2O2. The number of nitrogens with zero attached hydrogens (tertiary/aromatic N) is 2. The minimum Gasteiger partial charge on any atom is -0.460 e. The first-order chi connectivity index (χ1) is 11.2. The molecule has 2 aromatic rings. The Morgan fingerprint density at radius 3 is 3.00 bits per heavy atom. The summed E-state index contributed by atoms with van der Waals surface area (Å²) < 4.78 is 20.9. The molecule has 2 fully saturated rings. The Bertz CT molecular complexity index is 701. The van der Waals surface area contributed by atoms with Crippen molar-refractivity contribution in [3.8, 4) is 0 Å². The van der Waals surface area contributed by atoms with Crippen LogP contribution in [-0.2, 0) is 9.53 Å². The Morgan fingerprint density at radius 1 is 1.30 bits per heavy atom. The zero-order chi connectivity index (χ0) is 15.8. The molecule has 1 aromatic heterocycles. The van der Waals surface area contributed by atoms with Gasteiger partial charge < -0.3 is 4.74 Å². The lowest BCUT2D eigenvalue weighted by Crippen LogP contribution is -2.26. The summed E-state index contributed by atoms with van der Waals surface area (Å²) in [4.78, 5) is 12.4. The van der Waals surface area contributed by atoms with Gasteiger partial charge in [0, 0.05) is 12.4 Å². The first kappa shape index (κ1) is 14.4. The van der Waals surface area contributed by atoms with Crippen molar-refractivity contribution in [3.05, 3.63) is 54.1 Å². The van der Waals surface area contributed by atoms with Crippen LogP contribution in [0.1, 0.15) is 43.2 Å². The Labute approximate surface area is 134 Å². The zero-order valence-corrected chi connectivity index (χ0v) is 12.8. The predicted molar refractivity (Wildman–Crippen MR) is 82.2 cm³/mol. The van der Waals surface area contributed by atoms with E-state index in [0.717, 1.165) is 31.2 Å². The molecule has 0 saturated heterocycles. The standard InChI is InChI=1S/C18H19FN2O2/c19-13-5-1-4-12(10-13)14-11-15(14)18(22)23-17-7-2-6-16(17)21-9-3-8-20-21/h1,3-5,8-10,14-17H,2,6-7,11H2/t14-,15-,16+,17+/m0/s1. The van der Waals surface area contributed by atoms with Gasteiger partial charge in [0.25, 0.3) is 0 Å². The molecule has 0 unspecified atom stereocenters. The molecule has 5 heteroatoms. The zero-order valence-electron chi connectivity index (χ0n) is 12.8. The van der Waals surface area contributed by atoms with Crippen LogP contribution in [0, 0.1) is 11.7 Å². The summed E-state index contributed by atoms with van der Waals surface area (Å²) in [5.74, 6) is -0.433. The Morgan fingerprint density at radius 2 is 2.22 bits per heavy atom. The first-order valence-electron chi connectivity index (χ1n) is 8.17. The van der Waals surface area contributed by atoms with Gasteiger partial charge in [-0.2, -0.15) is 5.10 Å². The first-order valence-corrected chi connectivity index (χ1v) is 8.17. The topological polar surface area (TPSA) is 44.1 Å². The largest absolute Gasteiger partial charge is 0.460 e. The van der Waals surface area contributed by atoms with Crippen molar-refractivity contribution in [1.29, 1.82) is 0 Å². The highest BCUT2D eigenvalue weighted by Gasteiger charge is 2.47. The highest BCUT2D eigenvalue weighted by atomic mass is 19.1. The molecule has 4 rings (SSSR count). The van der Waals surface area contributed by atoms with Gasteiger partial charge in [0.05, 0.1) is 12.0 Å². The third-order valence-electron chi connectivity index (χ3n) is 4.92. The minimum atomic E-state index is -0.254. The maximum absolute atomic E-state index is 13.3. The summed E-state index contributed by atoms with van der Waals surface area (Å²) in [5, 5.41) is 4.27. The average Bonchev–Trinajstić information content (AvgIpc) is 2.93. The van der Waals surface area contributed by atoms with Crippen LogP contribution in [0.15, 0.2) is 42.7 Å². The monoisotopic (exact) mass is 314 g/mol. The van der Waals surface area contributed by atoms with Crippen LogP contribution in [0.5, 0.6) is 0 Å². The van der Waals surface area contributed by atoms with Crippen LogP contribution < -0.4 is 0 Å². The molecule has 1 heterocycles. The lowest BCUT2D eigenvalue weighted by Gasteiger charge is -2.20. The molecule has 0 bridgehead atoms. The highest BCUT2D eigenvalue weighted by molar-refractivity contribution is 5.77. The smallest absolute Gasteiger partial charge is 0.309 e. The number of hydrogen-bond acceptors (Lipinski definition) is 3. The molecule has 2 aliphatic rings. The van der Waals surface area contributed by atoms with E-state index in [1.807, 2.05) is 23.0 Å². The van der Waals surface area contributed by atoms with E-state index in [-0.39, 0.29) is 35.8 Å². The second kappa shape index (κ2) is 5.80. The van der Waals surface area contributed by atoms with E-state index in [1.165, 1.54) is 12.1 Å². The van der Waals surface area contributed by atoms with Crippen LogP contribution in [0.2, 0.25) is 0 Å². The van der Waals surface area contributed by atoms with Crippen molar-refractivity contribution in [3.63, 3.8) is 0 Å². The lowest BCUT2D eigenvalue weighted by atomic mass is 10.1. The molecule has 0 N–H and O–H groups in total. The van der Waals surface area contributed by atoms with Crippen LogP contribution in [0.4, 0.5) is 4.39 Å². The van der Waals surface area contributed by atoms with Gasteiger partial charge in [0.15, 0.2) is 0 Å². The number of halogens is 1. The highest BCUT2D eigenvalue weighted by Crippen LogP contribution is 2.49. The molecular weight excluding hydrogens is 295 g/mol. The fraction of sp³-hybridized carbons (Fsp3) is 0.444.